The van der Waals surface area contributed by atoms with E-state index in [0.29, 0.717) is 41.5 Å². The molecule has 0 fully saturated rings. The molecule has 0 spiro atoms. The molecule has 5 rings (SSSR count). The maximum Gasteiger partial charge on any atom is 0.267 e. The fourth-order valence-corrected chi connectivity index (χ4v) is 4.73. The van der Waals surface area contributed by atoms with E-state index in [2.05, 4.69) is 15.1 Å². The smallest absolute Gasteiger partial charge is 0.267 e. The first-order valence-corrected chi connectivity index (χ1v) is 12.6. The van der Waals surface area contributed by atoms with Crippen molar-refractivity contribution in [1.82, 2.24) is 15.0 Å². The molecule has 4 N–H and O–H groups in total. The number of carbonyl (C=O) groups excluding carboxylic acids is 1. The molecule has 3 aromatic rings. The zero-order valence-corrected chi connectivity index (χ0v) is 21.8. The summed E-state index contributed by atoms with van der Waals surface area (Å²) in [4.78, 5) is 21.7. The molecule has 1 atom stereocenters. The molecule has 200 valence electrons. The number of nitrogens with zero attached hydrogens (tertiary/aromatic N) is 4. The Balaban J connectivity index is 1.47. The first-order chi connectivity index (χ1) is 19.0. The highest BCUT2D eigenvalue weighted by atomic mass is 16.5. The molecule has 3 heterocycles. The van der Waals surface area contributed by atoms with Gasteiger partial charge in [-0.15, -0.1) is 0 Å². The molecule has 0 radical (unpaired) electrons. The molecule has 1 amide bonds. The number of nitrogen functional groups attached to an aromatic ring is 2. The summed E-state index contributed by atoms with van der Waals surface area (Å²) in [5, 5.41) is 5.95. The normalized spacial score (nSPS) is 16.4. The summed E-state index contributed by atoms with van der Waals surface area (Å²) in [5.74, 6) is 1.86. The van der Waals surface area contributed by atoms with E-state index in [4.69, 9.17) is 25.7 Å². The Kier molecular flexibility index (Phi) is 7.44. The molecule has 2 aliphatic rings. The standard InChI is InChI=1S/C29H30N6O4/c1-37-24-15-18(14-21-16-32-29(31)34-28(21)30)13-19(27(24)38-2)10-11-25(36)35-26(23-9-5-6-12-39-23)22-8-4-3-7-20(22)17-33-35/h3-4,7-11,13,15-17,26H,5-6,12,14H2,1-2H3,(H4,30,31,32,34). The van der Waals surface area contributed by atoms with Crippen molar-refractivity contribution in [3.8, 4) is 11.5 Å². The number of fused-ring (bicyclic) bond motifs is 1. The van der Waals surface area contributed by atoms with Crippen LogP contribution in [0.25, 0.3) is 6.08 Å². The van der Waals surface area contributed by atoms with Crippen molar-refractivity contribution in [2.24, 2.45) is 5.10 Å². The Morgan fingerprint density at radius 3 is 2.79 bits per heavy atom. The number of carbonyl (C=O) groups is 1. The summed E-state index contributed by atoms with van der Waals surface area (Å²) < 4.78 is 17.2. The molecule has 0 saturated carbocycles. The Hall–Kier alpha value is -4.86. The third kappa shape index (κ3) is 5.40. The Morgan fingerprint density at radius 2 is 2.05 bits per heavy atom. The van der Waals surface area contributed by atoms with Gasteiger partial charge < -0.3 is 25.7 Å². The van der Waals surface area contributed by atoms with Gasteiger partial charge >= 0.3 is 0 Å². The molecule has 39 heavy (non-hydrogen) atoms. The van der Waals surface area contributed by atoms with Gasteiger partial charge in [0.2, 0.25) is 5.95 Å². The van der Waals surface area contributed by atoms with E-state index in [1.54, 1.807) is 32.7 Å². The number of hydrogen-bond donors (Lipinski definition) is 2. The number of ether oxygens (including phenoxy) is 3. The minimum absolute atomic E-state index is 0.112. The quantitative estimate of drug-likeness (QED) is 0.443. The van der Waals surface area contributed by atoms with E-state index in [1.165, 1.54) is 11.1 Å². The minimum Gasteiger partial charge on any atom is -0.496 e. The molecule has 2 aliphatic heterocycles. The van der Waals surface area contributed by atoms with Gasteiger partial charge in [0.05, 0.1) is 27.0 Å². The van der Waals surface area contributed by atoms with Crippen molar-refractivity contribution in [3.05, 3.63) is 88.3 Å². The van der Waals surface area contributed by atoms with Crippen LogP contribution in [0.1, 0.15) is 46.7 Å². The predicted molar refractivity (Wildman–Crippen MR) is 149 cm³/mol. The Bertz CT molecular complexity index is 1480. The second-order valence-corrected chi connectivity index (χ2v) is 9.13. The van der Waals surface area contributed by atoms with Crippen molar-refractivity contribution < 1.29 is 19.0 Å². The molecular formula is C29H30N6O4. The summed E-state index contributed by atoms with van der Waals surface area (Å²) >= 11 is 0. The summed E-state index contributed by atoms with van der Waals surface area (Å²) in [5.41, 5.74) is 15.8. The lowest BCUT2D eigenvalue weighted by Crippen LogP contribution is -2.34. The number of hydrazone groups is 1. The number of amides is 1. The number of allylic oxidation sites excluding steroid dienone is 1. The fraction of sp³-hybridized carbons (Fsp3) is 0.241. The zero-order valence-electron chi connectivity index (χ0n) is 21.8. The zero-order chi connectivity index (χ0) is 27.4. The van der Waals surface area contributed by atoms with Crippen LogP contribution in [0, 0.1) is 0 Å². The molecule has 0 aliphatic carbocycles. The Labute approximate surface area is 226 Å². The number of rotatable bonds is 7. The van der Waals surface area contributed by atoms with Gasteiger partial charge in [-0.1, -0.05) is 24.3 Å². The van der Waals surface area contributed by atoms with Crippen LogP contribution in [-0.4, -0.2) is 47.9 Å². The van der Waals surface area contributed by atoms with E-state index in [1.807, 2.05) is 42.5 Å². The average molecular weight is 527 g/mol. The number of benzene rings is 2. The summed E-state index contributed by atoms with van der Waals surface area (Å²) in [6, 6.07) is 11.2. The second-order valence-electron chi connectivity index (χ2n) is 9.13. The van der Waals surface area contributed by atoms with Crippen molar-refractivity contribution in [3.63, 3.8) is 0 Å². The minimum atomic E-state index is -0.445. The van der Waals surface area contributed by atoms with Gasteiger partial charge in [-0.25, -0.2) is 9.99 Å². The highest BCUT2D eigenvalue weighted by Crippen LogP contribution is 2.37. The van der Waals surface area contributed by atoms with Gasteiger partial charge in [-0.2, -0.15) is 10.1 Å². The molecule has 10 nitrogen and oxygen atoms in total. The molecule has 1 aromatic heterocycles. The molecule has 0 bridgehead atoms. The van der Waals surface area contributed by atoms with Crippen LogP contribution in [-0.2, 0) is 16.0 Å². The number of nitrogens with two attached hydrogens (primary N) is 2. The number of anilines is 2. The van der Waals surface area contributed by atoms with Gasteiger partial charge in [0.25, 0.3) is 5.91 Å². The SMILES string of the molecule is COc1cc(Cc2cnc(N)nc2N)cc(C=CC(=O)N2N=Cc3ccccc3C2C2=CCCCO2)c1OC. The predicted octanol–water partition coefficient (Wildman–Crippen LogP) is 3.87. The maximum atomic E-state index is 13.6. The van der Waals surface area contributed by atoms with Crippen molar-refractivity contribution in [1.29, 1.82) is 0 Å². The van der Waals surface area contributed by atoms with Crippen LogP contribution in [0.4, 0.5) is 11.8 Å². The van der Waals surface area contributed by atoms with Crippen molar-refractivity contribution in [2.45, 2.75) is 25.3 Å². The molecule has 2 aromatic carbocycles. The van der Waals surface area contributed by atoms with Gasteiger partial charge in [0, 0.05) is 35.4 Å². The van der Waals surface area contributed by atoms with E-state index in [-0.39, 0.29) is 11.9 Å². The van der Waals surface area contributed by atoms with Crippen LogP contribution in [0.2, 0.25) is 0 Å². The lowest BCUT2D eigenvalue weighted by atomic mass is 9.96. The third-order valence-electron chi connectivity index (χ3n) is 6.60. The highest BCUT2D eigenvalue weighted by molar-refractivity contribution is 5.95. The second kappa shape index (κ2) is 11.3. The lowest BCUT2D eigenvalue weighted by molar-refractivity contribution is -0.128. The van der Waals surface area contributed by atoms with E-state index in [9.17, 15) is 4.79 Å². The van der Waals surface area contributed by atoms with Gasteiger partial charge in [-0.05, 0) is 48.3 Å². The first kappa shape index (κ1) is 25.8. The number of aromatic nitrogens is 2. The third-order valence-corrected chi connectivity index (χ3v) is 6.60. The van der Waals surface area contributed by atoms with Gasteiger partial charge in [-0.3, -0.25) is 4.79 Å². The van der Waals surface area contributed by atoms with E-state index >= 15 is 0 Å². The highest BCUT2D eigenvalue weighted by Gasteiger charge is 2.33. The summed E-state index contributed by atoms with van der Waals surface area (Å²) in [6.07, 6.45) is 10.8. The number of methoxy groups -OCH3 is 2. The molecule has 1 unspecified atom stereocenters. The molecule has 0 saturated heterocycles. The van der Waals surface area contributed by atoms with Gasteiger partial charge in [0.1, 0.15) is 17.6 Å². The maximum absolute atomic E-state index is 13.6. The van der Waals surface area contributed by atoms with E-state index in [0.717, 1.165) is 35.3 Å². The summed E-state index contributed by atoms with van der Waals surface area (Å²) in [7, 11) is 3.11. The average Bonchev–Trinajstić information content (AvgIpc) is 2.96. The first-order valence-electron chi connectivity index (χ1n) is 12.6. The lowest BCUT2D eigenvalue weighted by Gasteiger charge is -2.33. The van der Waals surface area contributed by atoms with Crippen LogP contribution in [0.5, 0.6) is 11.5 Å². The van der Waals surface area contributed by atoms with Crippen LogP contribution in [0.15, 0.2) is 65.6 Å². The van der Waals surface area contributed by atoms with Crippen LogP contribution < -0.4 is 20.9 Å². The number of hydrogen-bond acceptors (Lipinski definition) is 9. The van der Waals surface area contributed by atoms with Crippen LogP contribution in [0.3, 0.4) is 0 Å². The fourth-order valence-electron chi connectivity index (χ4n) is 4.73. The van der Waals surface area contributed by atoms with E-state index < -0.39 is 6.04 Å². The largest absolute Gasteiger partial charge is 0.496 e. The van der Waals surface area contributed by atoms with Crippen molar-refractivity contribution in [2.75, 3.05) is 32.3 Å². The topological polar surface area (TPSA) is 138 Å². The molecule has 10 heteroatoms. The molecular weight excluding hydrogens is 496 g/mol. The van der Waals surface area contributed by atoms with Gasteiger partial charge in [0.15, 0.2) is 11.5 Å². The summed E-state index contributed by atoms with van der Waals surface area (Å²) in [6.45, 7) is 0.611. The van der Waals surface area contributed by atoms with Crippen LogP contribution >= 0.6 is 0 Å². The monoisotopic (exact) mass is 526 g/mol. The Morgan fingerprint density at radius 1 is 1.21 bits per heavy atom. The van der Waals surface area contributed by atoms with Crippen molar-refractivity contribution >= 4 is 30.0 Å².